The number of carbonyl (C=O) groups is 1. The second-order valence-corrected chi connectivity index (χ2v) is 5.97. The quantitative estimate of drug-likeness (QED) is 0.842. The van der Waals surface area contributed by atoms with E-state index in [-0.39, 0.29) is 5.91 Å². The Morgan fingerprint density at radius 1 is 1.24 bits per heavy atom. The molecule has 110 valence electrons. The number of benzene rings is 2. The van der Waals surface area contributed by atoms with Crippen LogP contribution in [0.25, 0.3) is 0 Å². The van der Waals surface area contributed by atoms with Crippen LogP contribution in [0.5, 0.6) is 0 Å². The van der Waals surface area contributed by atoms with Crippen LogP contribution in [0.4, 0.5) is 5.69 Å². The normalized spacial score (nSPS) is 10.3. The molecule has 0 atom stereocenters. The summed E-state index contributed by atoms with van der Waals surface area (Å²) in [4.78, 5) is 11.6. The first-order valence-electron chi connectivity index (χ1n) is 6.52. The van der Waals surface area contributed by atoms with E-state index in [2.05, 4.69) is 26.6 Å². The first-order chi connectivity index (χ1) is 10.0. The fourth-order valence-electron chi connectivity index (χ4n) is 1.99. The number of anilines is 1. The van der Waals surface area contributed by atoms with E-state index >= 15 is 0 Å². The zero-order chi connectivity index (χ0) is 15.4. The molecule has 0 bridgehead atoms. The van der Waals surface area contributed by atoms with Gasteiger partial charge in [0, 0.05) is 29.3 Å². The van der Waals surface area contributed by atoms with Crippen molar-refractivity contribution in [3.8, 4) is 0 Å². The van der Waals surface area contributed by atoms with Gasteiger partial charge in [0.05, 0.1) is 5.02 Å². The number of rotatable bonds is 4. The molecule has 1 amide bonds. The van der Waals surface area contributed by atoms with Crippen molar-refractivity contribution < 1.29 is 4.79 Å². The zero-order valence-electron chi connectivity index (χ0n) is 11.8. The standard InChI is InChI=1S/C16H16BrClN2O/c1-10-7-12(16(21)19-2)4-6-15(10)20-9-11-3-5-14(18)13(17)8-11/h3-8,20H,9H2,1-2H3,(H,19,21). The van der Waals surface area contributed by atoms with E-state index in [4.69, 9.17) is 11.6 Å². The average Bonchev–Trinajstić information content (AvgIpc) is 2.48. The fraction of sp³-hybridized carbons (Fsp3) is 0.188. The maximum Gasteiger partial charge on any atom is 0.251 e. The van der Waals surface area contributed by atoms with E-state index < -0.39 is 0 Å². The van der Waals surface area contributed by atoms with Gasteiger partial charge in [-0.2, -0.15) is 0 Å². The van der Waals surface area contributed by atoms with Gasteiger partial charge in [0.25, 0.3) is 5.91 Å². The van der Waals surface area contributed by atoms with Crippen molar-refractivity contribution in [1.29, 1.82) is 0 Å². The summed E-state index contributed by atoms with van der Waals surface area (Å²) in [5, 5.41) is 6.68. The molecule has 0 saturated carbocycles. The number of carbonyl (C=O) groups excluding carboxylic acids is 1. The van der Waals surface area contributed by atoms with Crippen molar-refractivity contribution in [3.63, 3.8) is 0 Å². The molecule has 0 heterocycles. The highest BCUT2D eigenvalue weighted by Crippen LogP contribution is 2.24. The molecule has 2 N–H and O–H groups in total. The molecular formula is C16H16BrClN2O. The molecule has 5 heteroatoms. The van der Waals surface area contributed by atoms with Gasteiger partial charge in [-0.25, -0.2) is 0 Å². The van der Waals surface area contributed by atoms with E-state index in [1.807, 2.05) is 43.3 Å². The lowest BCUT2D eigenvalue weighted by atomic mass is 10.1. The van der Waals surface area contributed by atoms with Crippen LogP contribution >= 0.6 is 27.5 Å². The highest BCUT2D eigenvalue weighted by Gasteiger charge is 2.06. The second-order valence-electron chi connectivity index (χ2n) is 4.71. The van der Waals surface area contributed by atoms with E-state index in [0.29, 0.717) is 17.1 Å². The Morgan fingerprint density at radius 2 is 2.00 bits per heavy atom. The predicted molar refractivity (Wildman–Crippen MR) is 91.0 cm³/mol. The Hall–Kier alpha value is -1.52. The minimum atomic E-state index is -0.0775. The van der Waals surface area contributed by atoms with Crippen LogP contribution in [-0.2, 0) is 6.54 Å². The van der Waals surface area contributed by atoms with Crippen LogP contribution in [0.15, 0.2) is 40.9 Å². The number of hydrogen-bond donors (Lipinski definition) is 2. The molecule has 2 rings (SSSR count). The third kappa shape index (κ3) is 3.99. The summed E-state index contributed by atoms with van der Waals surface area (Å²) in [6, 6.07) is 11.4. The molecular weight excluding hydrogens is 352 g/mol. The summed E-state index contributed by atoms with van der Waals surface area (Å²) in [5.74, 6) is -0.0775. The smallest absolute Gasteiger partial charge is 0.251 e. The summed E-state index contributed by atoms with van der Waals surface area (Å²) < 4.78 is 0.884. The molecule has 0 unspecified atom stereocenters. The van der Waals surface area contributed by atoms with Gasteiger partial charge >= 0.3 is 0 Å². The van der Waals surface area contributed by atoms with Crippen LogP contribution in [-0.4, -0.2) is 13.0 Å². The third-order valence-corrected chi connectivity index (χ3v) is 4.40. The van der Waals surface area contributed by atoms with E-state index in [0.717, 1.165) is 21.3 Å². The Balaban J connectivity index is 2.09. The van der Waals surface area contributed by atoms with Crippen molar-refractivity contribution >= 4 is 39.1 Å². The average molecular weight is 368 g/mol. The highest BCUT2D eigenvalue weighted by molar-refractivity contribution is 9.10. The minimum Gasteiger partial charge on any atom is -0.381 e. The summed E-state index contributed by atoms with van der Waals surface area (Å²) in [6.07, 6.45) is 0. The third-order valence-electron chi connectivity index (χ3n) is 3.18. The lowest BCUT2D eigenvalue weighted by Crippen LogP contribution is -2.17. The Kier molecular flexibility index (Phi) is 5.26. The topological polar surface area (TPSA) is 41.1 Å². The van der Waals surface area contributed by atoms with Gasteiger partial charge in [-0.1, -0.05) is 17.7 Å². The van der Waals surface area contributed by atoms with Crippen LogP contribution in [0.2, 0.25) is 5.02 Å². The van der Waals surface area contributed by atoms with E-state index in [9.17, 15) is 4.79 Å². The Bertz CT molecular complexity index is 673. The Morgan fingerprint density at radius 3 is 2.62 bits per heavy atom. The molecule has 0 aliphatic heterocycles. The van der Waals surface area contributed by atoms with Gasteiger partial charge < -0.3 is 10.6 Å². The van der Waals surface area contributed by atoms with Crippen molar-refractivity contribution in [1.82, 2.24) is 5.32 Å². The minimum absolute atomic E-state index is 0.0775. The number of amides is 1. The van der Waals surface area contributed by atoms with Gasteiger partial charge in [0.1, 0.15) is 0 Å². The number of nitrogens with one attached hydrogen (secondary N) is 2. The molecule has 21 heavy (non-hydrogen) atoms. The molecule has 3 nitrogen and oxygen atoms in total. The maximum atomic E-state index is 11.6. The monoisotopic (exact) mass is 366 g/mol. The number of aryl methyl sites for hydroxylation is 1. The van der Waals surface area contributed by atoms with Gasteiger partial charge in [0.2, 0.25) is 0 Å². The number of halogens is 2. The van der Waals surface area contributed by atoms with Crippen LogP contribution in [0.3, 0.4) is 0 Å². The molecule has 0 aromatic heterocycles. The fourth-order valence-corrected chi connectivity index (χ4v) is 2.54. The molecule has 0 spiro atoms. The predicted octanol–water partition coefficient (Wildman–Crippen LogP) is 4.38. The largest absolute Gasteiger partial charge is 0.381 e. The van der Waals surface area contributed by atoms with Crippen molar-refractivity contribution in [2.45, 2.75) is 13.5 Å². The summed E-state index contributed by atoms with van der Waals surface area (Å²) in [5.41, 5.74) is 3.83. The van der Waals surface area contributed by atoms with Gasteiger partial charge in [-0.15, -0.1) is 0 Å². The second kappa shape index (κ2) is 6.96. The van der Waals surface area contributed by atoms with E-state index in [1.54, 1.807) is 7.05 Å². The van der Waals surface area contributed by atoms with Crippen LogP contribution in [0, 0.1) is 6.92 Å². The Labute approximate surface area is 137 Å². The molecule has 0 aliphatic carbocycles. The SMILES string of the molecule is CNC(=O)c1ccc(NCc2ccc(Cl)c(Br)c2)c(C)c1. The summed E-state index contributed by atoms with van der Waals surface area (Å²) >= 11 is 9.39. The lowest BCUT2D eigenvalue weighted by Gasteiger charge is -2.11. The van der Waals surface area contributed by atoms with Gasteiger partial charge in [-0.3, -0.25) is 4.79 Å². The molecule has 0 aliphatic rings. The first-order valence-corrected chi connectivity index (χ1v) is 7.69. The lowest BCUT2D eigenvalue weighted by molar-refractivity contribution is 0.0963. The molecule has 2 aromatic rings. The number of hydrogen-bond acceptors (Lipinski definition) is 2. The maximum absolute atomic E-state index is 11.6. The molecule has 0 saturated heterocycles. The summed E-state index contributed by atoms with van der Waals surface area (Å²) in [7, 11) is 1.63. The van der Waals surface area contributed by atoms with Gasteiger partial charge in [-0.05, 0) is 64.3 Å². The molecule has 2 aromatic carbocycles. The van der Waals surface area contributed by atoms with Crippen LogP contribution in [0.1, 0.15) is 21.5 Å². The van der Waals surface area contributed by atoms with Crippen molar-refractivity contribution in [3.05, 3.63) is 62.6 Å². The summed E-state index contributed by atoms with van der Waals surface area (Å²) in [6.45, 7) is 2.67. The first kappa shape index (κ1) is 15.9. The highest BCUT2D eigenvalue weighted by atomic mass is 79.9. The molecule has 0 fully saturated rings. The van der Waals surface area contributed by atoms with Crippen LogP contribution < -0.4 is 10.6 Å². The molecule has 0 radical (unpaired) electrons. The van der Waals surface area contributed by atoms with Gasteiger partial charge in [0.15, 0.2) is 0 Å². The van der Waals surface area contributed by atoms with Crippen molar-refractivity contribution in [2.75, 3.05) is 12.4 Å². The van der Waals surface area contributed by atoms with Crippen molar-refractivity contribution in [2.24, 2.45) is 0 Å². The zero-order valence-corrected chi connectivity index (χ0v) is 14.2. The van der Waals surface area contributed by atoms with E-state index in [1.165, 1.54) is 0 Å².